The van der Waals surface area contributed by atoms with Crippen molar-refractivity contribution >= 4 is 40.6 Å². The molecule has 1 aliphatic carbocycles. The van der Waals surface area contributed by atoms with E-state index in [1.807, 2.05) is 24.0 Å². The molecule has 0 radical (unpaired) electrons. The van der Waals surface area contributed by atoms with Gasteiger partial charge < -0.3 is 10.2 Å². The molecule has 5 rings (SSSR count). The summed E-state index contributed by atoms with van der Waals surface area (Å²) >= 11 is 1.64. The van der Waals surface area contributed by atoms with Crippen LogP contribution in [0.15, 0.2) is 24.4 Å². The van der Waals surface area contributed by atoms with Gasteiger partial charge in [0, 0.05) is 31.8 Å². The summed E-state index contributed by atoms with van der Waals surface area (Å²) in [6.07, 6.45) is 9.53. The van der Waals surface area contributed by atoms with Gasteiger partial charge in [-0.15, -0.1) is 10.2 Å². The first kappa shape index (κ1) is 18.2. The number of aryl methyl sites for hydroxylation is 2. The number of allylic oxidation sites excluding steroid dienone is 1. The normalized spacial score (nSPS) is 23.1. The van der Waals surface area contributed by atoms with Gasteiger partial charge in [-0.05, 0) is 60.4 Å². The maximum absolute atomic E-state index is 12.7. The van der Waals surface area contributed by atoms with Crippen LogP contribution in [0.3, 0.4) is 0 Å². The molecule has 0 spiro atoms. The maximum Gasteiger partial charge on any atom is 0.246 e. The van der Waals surface area contributed by atoms with Gasteiger partial charge in [-0.1, -0.05) is 17.4 Å². The molecule has 2 aromatic heterocycles. The Morgan fingerprint density at radius 2 is 2.21 bits per heavy atom. The molecule has 2 atom stereocenters. The lowest BCUT2D eigenvalue weighted by Gasteiger charge is -2.16. The van der Waals surface area contributed by atoms with Crippen LogP contribution in [0, 0.1) is 18.8 Å². The van der Waals surface area contributed by atoms with Gasteiger partial charge in [0.2, 0.25) is 11.8 Å². The van der Waals surface area contributed by atoms with E-state index in [1.54, 1.807) is 23.6 Å². The molecule has 1 saturated heterocycles. The Morgan fingerprint density at radius 3 is 3.00 bits per heavy atom. The van der Waals surface area contributed by atoms with E-state index in [1.165, 1.54) is 5.57 Å². The number of carbonyl (C=O) groups is 2. The topological polar surface area (TPSA) is 88.1 Å². The molecule has 0 saturated carbocycles. The largest absolute Gasteiger partial charge is 0.338 e. The monoisotopic (exact) mass is 407 g/mol. The van der Waals surface area contributed by atoms with Crippen LogP contribution in [0.1, 0.15) is 34.0 Å². The number of likely N-dealkylation sites (tertiary alicyclic amines) is 1. The van der Waals surface area contributed by atoms with E-state index in [9.17, 15) is 9.59 Å². The molecule has 0 bridgehead atoms. The molecule has 1 N–H and O–H groups in total. The summed E-state index contributed by atoms with van der Waals surface area (Å²) in [5, 5.41) is 13.1. The van der Waals surface area contributed by atoms with E-state index in [0.717, 1.165) is 40.7 Å². The van der Waals surface area contributed by atoms with E-state index in [4.69, 9.17) is 0 Å². The van der Waals surface area contributed by atoms with Gasteiger partial charge in [-0.3, -0.25) is 9.59 Å². The van der Waals surface area contributed by atoms with Crippen LogP contribution in [0.2, 0.25) is 0 Å². The number of hydrogen-bond donors (Lipinski definition) is 1. The Morgan fingerprint density at radius 1 is 1.31 bits per heavy atom. The van der Waals surface area contributed by atoms with E-state index in [-0.39, 0.29) is 11.8 Å². The van der Waals surface area contributed by atoms with Crippen molar-refractivity contribution in [2.45, 2.75) is 26.2 Å². The van der Waals surface area contributed by atoms with Crippen molar-refractivity contribution in [3.05, 3.63) is 45.6 Å². The maximum atomic E-state index is 12.7. The van der Waals surface area contributed by atoms with Crippen molar-refractivity contribution < 1.29 is 9.59 Å². The summed E-state index contributed by atoms with van der Waals surface area (Å²) in [5.41, 5.74) is 3.17. The first-order valence-electron chi connectivity index (χ1n) is 9.82. The average Bonchev–Trinajstić information content (AvgIpc) is 3.40. The minimum atomic E-state index is 0.00140. The summed E-state index contributed by atoms with van der Waals surface area (Å²) < 4.78 is 0. The molecule has 4 heterocycles. The zero-order valence-electron chi connectivity index (χ0n) is 16.1. The molecule has 2 aliphatic heterocycles. The first-order valence-corrected chi connectivity index (χ1v) is 10.6. The third-order valence-electron chi connectivity index (χ3n) is 5.79. The lowest BCUT2D eigenvalue weighted by atomic mass is 10.00. The fourth-order valence-electron chi connectivity index (χ4n) is 4.31. The first-order chi connectivity index (χ1) is 14.0. The zero-order chi connectivity index (χ0) is 20.0. The second-order valence-electron chi connectivity index (χ2n) is 7.85. The van der Waals surface area contributed by atoms with Crippen LogP contribution in [-0.2, 0) is 16.0 Å². The zero-order valence-corrected chi connectivity index (χ0v) is 16.9. The number of amides is 2. The van der Waals surface area contributed by atoms with Gasteiger partial charge in [0.05, 0.1) is 0 Å². The summed E-state index contributed by atoms with van der Waals surface area (Å²) in [6.45, 7) is 3.50. The molecule has 2 unspecified atom stereocenters. The van der Waals surface area contributed by atoms with E-state index in [2.05, 4.69) is 26.6 Å². The highest BCUT2D eigenvalue weighted by atomic mass is 32.1. The molecular weight excluding hydrogens is 386 g/mol. The summed E-state index contributed by atoms with van der Waals surface area (Å²) in [4.78, 5) is 30.3. The fourth-order valence-corrected chi connectivity index (χ4v) is 5.04. The number of hydrogen-bond acceptors (Lipinski definition) is 6. The van der Waals surface area contributed by atoms with Crippen LogP contribution in [-0.4, -0.2) is 45.0 Å². The number of pyridine rings is 1. The standard InChI is InChI=1S/C21H21N5O2S/c1-12-24-25-21(29-12)15-7-16-10-26(11-17(16)8-15)19(28)5-2-13-6-14-3-4-18(27)23-20(14)22-9-13/h2,5-7,9,16-17H,3-4,8,10-11H2,1H3,(H,22,23,27)/b5-2+. The second kappa shape index (κ2) is 7.18. The average molecular weight is 407 g/mol. The highest BCUT2D eigenvalue weighted by Gasteiger charge is 2.38. The number of carbonyl (C=O) groups excluding carboxylic acids is 2. The molecule has 2 aromatic rings. The van der Waals surface area contributed by atoms with E-state index in [0.29, 0.717) is 30.5 Å². The summed E-state index contributed by atoms with van der Waals surface area (Å²) in [5.74, 6) is 1.54. The number of nitrogens with one attached hydrogen (secondary N) is 1. The van der Waals surface area contributed by atoms with Crippen LogP contribution in [0.25, 0.3) is 11.6 Å². The summed E-state index contributed by atoms with van der Waals surface area (Å²) in [7, 11) is 0. The number of rotatable bonds is 3. The molecule has 2 amide bonds. The van der Waals surface area contributed by atoms with Crippen molar-refractivity contribution in [1.82, 2.24) is 20.1 Å². The van der Waals surface area contributed by atoms with Crippen LogP contribution in [0.5, 0.6) is 0 Å². The number of fused-ring (bicyclic) bond motifs is 2. The lowest BCUT2D eigenvalue weighted by Crippen LogP contribution is -2.27. The lowest BCUT2D eigenvalue weighted by molar-refractivity contribution is -0.125. The Kier molecular flexibility index (Phi) is 4.50. The van der Waals surface area contributed by atoms with Crippen molar-refractivity contribution in [3.63, 3.8) is 0 Å². The Labute approximate surface area is 172 Å². The molecule has 0 aromatic carbocycles. The highest BCUT2D eigenvalue weighted by Crippen LogP contribution is 2.41. The molecule has 3 aliphatic rings. The van der Waals surface area contributed by atoms with Gasteiger partial charge in [0.1, 0.15) is 15.8 Å². The molecule has 148 valence electrons. The Balaban J connectivity index is 1.23. The van der Waals surface area contributed by atoms with Crippen LogP contribution < -0.4 is 5.32 Å². The minimum Gasteiger partial charge on any atom is -0.338 e. The Hall–Kier alpha value is -2.87. The fraction of sp³-hybridized carbons (Fsp3) is 0.381. The van der Waals surface area contributed by atoms with Crippen molar-refractivity contribution in [1.29, 1.82) is 0 Å². The predicted molar refractivity (Wildman–Crippen MR) is 111 cm³/mol. The highest BCUT2D eigenvalue weighted by molar-refractivity contribution is 7.12. The second-order valence-corrected chi connectivity index (χ2v) is 9.03. The number of nitrogens with zero attached hydrogens (tertiary/aromatic N) is 4. The van der Waals surface area contributed by atoms with Crippen molar-refractivity contribution in [2.24, 2.45) is 11.8 Å². The molecule has 7 nitrogen and oxygen atoms in total. The van der Waals surface area contributed by atoms with Gasteiger partial charge in [-0.2, -0.15) is 0 Å². The van der Waals surface area contributed by atoms with Crippen molar-refractivity contribution in [3.8, 4) is 0 Å². The summed E-state index contributed by atoms with van der Waals surface area (Å²) in [6, 6.07) is 1.99. The molecule has 1 fully saturated rings. The smallest absolute Gasteiger partial charge is 0.246 e. The van der Waals surface area contributed by atoms with Gasteiger partial charge >= 0.3 is 0 Å². The third-order valence-corrected chi connectivity index (χ3v) is 6.70. The van der Waals surface area contributed by atoms with E-state index >= 15 is 0 Å². The Bertz CT molecular complexity index is 1060. The van der Waals surface area contributed by atoms with Crippen molar-refractivity contribution in [2.75, 3.05) is 18.4 Å². The number of aromatic nitrogens is 3. The van der Waals surface area contributed by atoms with E-state index < -0.39 is 0 Å². The predicted octanol–water partition coefficient (Wildman–Crippen LogP) is 2.70. The quantitative estimate of drug-likeness (QED) is 0.791. The number of anilines is 1. The van der Waals surface area contributed by atoms with Gasteiger partial charge in [-0.25, -0.2) is 4.98 Å². The van der Waals surface area contributed by atoms with Crippen LogP contribution >= 0.6 is 11.3 Å². The van der Waals surface area contributed by atoms with Crippen LogP contribution in [0.4, 0.5) is 5.82 Å². The molecular formula is C21H21N5O2S. The van der Waals surface area contributed by atoms with Gasteiger partial charge in [0.15, 0.2) is 0 Å². The van der Waals surface area contributed by atoms with Gasteiger partial charge in [0.25, 0.3) is 0 Å². The SMILES string of the molecule is Cc1nnc(C2=CC3CN(C(=O)/C=C/c4cnc5c(c4)CCC(=O)N5)CC3C2)s1. The molecule has 8 heteroatoms. The molecule has 29 heavy (non-hydrogen) atoms. The third kappa shape index (κ3) is 3.60. The minimum absolute atomic E-state index is 0.00140.